The van der Waals surface area contributed by atoms with E-state index in [0.717, 1.165) is 42.7 Å². The Labute approximate surface area is 193 Å². The topological polar surface area (TPSA) is 131 Å². The second kappa shape index (κ2) is 8.70. The zero-order valence-corrected chi connectivity index (χ0v) is 18.8. The Morgan fingerprint density at radius 1 is 1.24 bits per heavy atom. The minimum absolute atomic E-state index is 0.0922. The van der Waals surface area contributed by atoms with Crippen LogP contribution in [-0.4, -0.2) is 43.0 Å². The van der Waals surface area contributed by atoms with Crippen LogP contribution in [0, 0.1) is 10.1 Å². The normalized spacial score (nSPS) is 16.8. The van der Waals surface area contributed by atoms with Gasteiger partial charge in [-0.15, -0.1) is 0 Å². The molecule has 1 N–H and O–H groups in total. The molecule has 0 saturated heterocycles. The maximum atomic E-state index is 12.9. The SMILES string of the molecule is CC1=NCN(c2nc(NC(=O)c3ccc([N+](=O)[O-])s3)c3cnn(C4CCCCC4)c3n2)C=C1. The molecule has 3 aromatic rings. The predicted molar refractivity (Wildman–Crippen MR) is 126 cm³/mol. The fourth-order valence-electron chi connectivity index (χ4n) is 4.06. The van der Waals surface area contributed by atoms with E-state index in [-0.39, 0.29) is 15.9 Å². The minimum Gasteiger partial charge on any atom is -0.305 e. The molecule has 3 aromatic heterocycles. The highest BCUT2D eigenvalue weighted by atomic mass is 32.1. The third-order valence-corrected chi connectivity index (χ3v) is 6.85. The van der Waals surface area contributed by atoms with Crippen LogP contribution in [-0.2, 0) is 0 Å². The number of aliphatic imine (C=N–C) groups is 1. The lowest BCUT2D eigenvalue weighted by atomic mass is 9.96. The summed E-state index contributed by atoms with van der Waals surface area (Å²) in [4.78, 5) is 39.2. The lowest BCUT2D eigenvalue weighted by molar-refractivity contribution is -0.380. The second-order valence-corrected chi connectivity index (χ2v) is 9.13. The molecule has 1 saturated carbocycles. The first-order valence-electron chi connectivity index (χ1n) is 10.8. The van der Waals surface area contributed by atoms with Gasteiger partial charge in [0.2, 0.25) is 5.95 Å². The molecular formula is C21H22N8O3S. The second-order valence-electron chi connectivity index (χ2n) is 8.07. The first-order valence-corrected chi connectivity index (χ1v) is 11.6. The van der Waals surface area contributed by atoms with Crippen molar-refractivity contribution in [3.8, 4) is 0 Å². The van der Waals surface area contributed by atoms with Crippen molar-refractivity contribution in [2.45, 2.75) is 45.1 Å². The summed E-state index contributed by atoms with van der Waals surface area (Å²) in [5, 5.41) is 18.9. The van der Waals surface area contributed by atoms with Gasteiger partial charge < -0.3 is 5.32 Å². The monoisotopic (exact) mass is 466 g/mol. The quantitative estimate of drug-likeness (QED) is 0.438. The molecule has 2 aliphatic rings. The molecule has 11 nitrogen and oxygen atoms in total. The number of carbonyl (C=O) groups is 1. The number of nitro groups is 1. The van der Waals surface area contributed by atoms with Crippen LogP contribution in [0.4, 0.5) is 16.8 Å². The van der Waals surface area contributed by atoms with Gasteiger partial charge in [-0.1, -0.05) is 30.6 Å². The number of amides is 1. The van der Waals surface area contributed by atoms with Crippen molar-refractivity contribution in [1.82, 2.24) is 19.7 Å². The summed E-state index contributed by atoms with van der Waals surface area (Å²) in [5.41, 5.74) is 1.56. The minimum atomic E-state index is -0.512. The zero-order valence-electron chi connectivity index (χ0n) is 18.0. The van der Waals surface area contributed by atoms with E-state index in [2.05, 4.69) is 20.4 Å². The van der Waals surface area contributed by atoms with Crippen LogP contribution in [0.5, 0.6) is 0 Å². The number of nitrogens with one attached hydrogen (secondary N) is 1. The number of anilines is 2. The Bertz CT molecular complexity index is 1290. The van der Waals surface area contributed by atoms with E-state index in [1.807, 2.05) is 23.9 Å². The Kier molecular flexibility index (Phi) is 5.58. The van der Waals surface area contributed by atoms with Gasteiger partial charge in [-0.05, 0) is 31.9 Å². The molecule has 1 aliphatic carbocycles. The average molecular weight is 467 g/mol. The van der Waals surface area contributed by atoms with E-state index in [4.69, 9.17) is 4.98 Å². The van der Waals surface area contributed by atoms with Gasteiger partial charge in [0.05, 0.1) is 27.4 Å². The summed E-state index contributed by atoms with van der Waals surface area (Å²) in [6.07, 6.45) is 11.0. The molecule has 0 radical (unpaired) electrons. The van der Waals surface area contributed by atoms with Crippen molar-refractivity contribution in [1.29, 1.82) is 0 Å². The fraction of sp³-hybridized carbons (Fsp3) is 0.381. The van der Waals surface area contributed by atoms with E-state index < -0.39 is 10.8 Å². The number of hydrogen-bond donors (Lipinski definition) is 1. The molecule has 0 atom stereocenters. The van der Waals surface area contributed by atoms with Crippen molar-refractivity contribution in [2.75, 3.05) is 16.9 Å². The van der Waals surface area contributed by atoms with E-state index in [9.17, 15) is 14.9 Å². The van der Waals surface area contributed by atoms with Crippen molar-refractivity contribution >= 4 is 50.8 Å². The molecule has 5 rings (SSSR count). The van der Waals surface area contributed by atoms with Crippen molar-refractivity contribution in [3.63, 3.8) is 0 Å². The molecule has 33 heavy (non-hydrogen) atoms. The van der Waals surface area contributed by atoms with Gasteiger partial charge in [0.1, 0.15) is 12.5 Å². The number of rotatable bonds is 5. The van der Waals surface area contributed by atoms with Crippen LogP contribution in [0.1, 0.15) is 54.7 Å². The first kappa shape index (κ1) is 21.2. The van der Waals surface area contributed by atoms with Crippen LogP contribution >= 0.6 is 11.3 Å². The lowest BCUT2D eigenvalue weighted by Crippen LogP contribution is -2.24. The number of allylic oxidation sites excluding steroid dienone is 1. The number of carbonyl (C=O) groups excluding carboxylic acids is 1. The number of thiophene rings is 1. The first-order chi connectivity index (χ1) is 16.0. The Balaban J connectivity index is 1.54. The molecule has 170 valence electrons. The summed E-state index contributed by atoms with van der Waals surface area (Å²) in [6.45, 7) is 2.29. The third kappa shape index (κ3) is 4.21. The Morgan fingerprint density at radius 2 is 2.06 bits per heavy atom. The van der Waals surface area contributed by atoms with Crippen LogP contribution in [0.2, 0.25) is 0 Å². The fourth-order valence-corrected chi connectivity index (χ4v) is 4.78. The summed E-state index contributed by atoms with van der Waals surface area (Å²) in [5.74, 6) is 0.255. The van der Waals surface area contributed by atoms with Crippen molar-refractivity contribution in [2.24, 2.45) is 4.99 Å². The third-order valence-electron chi connectivity index (χ3n) is 5.82. The van der Waals surface area contributed by atoms with Gasteiger partial charge in [-0.25, -0.2) is 4.68 Å². The van der Waals surface area contributed by atoms with Gasteiger partial charge in [0.25, 0.3) is 5.91 Å². The molecule has 4 heterocycles. The highest BCUT2D eigenvalue weighted by Crippen LogP contribution is 2.33. The largest absolute Gasteiger partial charge is 0.324 e. The van der Waals surface area contributed by atoms with E-state index in [1.54, 1.807) is 11.1 Å². The maximum Gasteiger partial charge on any atom is 0.324 e. The van der Waals surface area contributed by atoms with Gasteiger partial charge in [-0.3, -0.25) is 24.8 Å². The predicted octanol–water partition coefficient (Wildman–Crippen LogP) is 4.31. The van der Waals surface area contributed by atoms with Crippen molar-refractivity contribution < 1.29 is 9.72 Å². The molecule has 12 heteroatoms. The molecule has 0 spiro atoms. The highest BCUT2D eigenvalue weighted by molar-refractivity contribution is 7.17. The summed E-state index contributed by atoms with van der Waals surface area (Å²) in [6, 6.07) is 3.01. The molecule has 0 bridgehead atoms. The number of fused-ring (bicyclic) bond motifs is 1. The van der Waals surface area contributed by atoms with Gasteiger partial charge in [0.15, 0.2) is 5.65 Å². The summed E-state index contributed by atoms with van der Waals surface area (Å²) >= 11 is 0.819. The van der Waals surface area contributed by atoms with E-state index in [0.29, 0.717) is 29.5 Å². The number of aromatic nitrogens is 4. The Morgan fingerprint density at radius 3 is 2.76 bits per heavy atom. The van der Waals surface area contributed by atoms with Crippen molar-refractivity contribution in [3.05, 3.63) is 45.6 Å². The zero-order chi connectivity index (χ0) is 22.9. The molecule has 1 fully saturated rings. The van der Waals surface area contributed by atoms with E-state index in [1.165, 1.54) is 18.6 Å². The van der Waals surface area contributed by atoms with E-state index >= 15 is 0 Å². The van der Waals surface area contributed by atoms with Gasteiger partial charge in [0, 0.05) is 18.0 Å². The Hall–Kier alpha value is -3.67. The number of nitrogens with zero attached hydrogens (tertiary/aromatic N) is 7. The van der Waals surface area contributed by atoms with Crippen LogP contribution in [0.3, 0.4) is 0 Å². The molecule has 0 aromatic carbocycles. The summed E-state index contributed by atoms with van der Waals surface area (Å²) in [7, 11) is 0. The molecular weight excluding hydrogens is 444 g/mol. The maximum absolute atomic E-state index is 12.9. The molecule has 1 aliphatic heterocycles. The van der Waals surface area contributed by atoms with Gasteiger partial charge >= 0.3 is 5.00 Å². The van der Waals surface area contributed by atoms with Gasteiger partial charge in [-0.2, -0.15) is 15.1 Å². The van der Waals surface area contributed by atoms with Crippen LogP contribution < -0.4 is 10.2 Å². The lowest BCUT2D eigenvalue weighted by Gasteiger charge is -2.23. The van der Waals surface area contributed by atoms with Crippen LogP contribution in [0.25, 0.3) is 11.0 Å². The number of hydrogen-bond acceptors (Lipinski definition) is 9. The average Bonchev–Trinajstić information content (AvgIpc) is 3.48. The highest BCUT2D eigenvalue weighted by Gasteiger charge is 2.24. The molecule has 1 amide bonds. The summed E-state index contributed by atoms with van der Waals surface area (Å²) < 4.78 is 1.94. The van der Waals surface area contributed by atoms with Crippen LogP contribution in [0.15, 0.2) is 35.6 Å². The smallest absolute Gasteiger partial charge is 0.305 e. The molecule has 0 unspecified atom stereocenters. The standard InChI is InChI=1S/C21H22N8O3S/c1-13-9-10-27(12-22-13)21-25-18(24-20(30)16-7-8-17(33-16)29(31)32)15-11-23-28(19(15)26-21)14-5-3-2-4-6-14/h7-11,14H,2-6,12H2,1H3,(H,24,25,26,30).